The van der Waals surface area contributed by atoms with E-state index in [1.165, 1.54) is 0 Å². The Morgan fingerprint density at radius 3 is 2.13 bits per heavy atom. The summed E-state index contributed by atoms with van der Waals surface area (Å²) in [6, 6.07) is 0.889. The maximum Gasteiger partial charge on any atom is 0.323 e. The lowest BCUT2D eigenvalue weighted by Crippen LogP contribution is -2.28. The van der Waals surface area contributed by atoms with Crippen LogP contribution in [0.1, 0.15) is 20.3 Å². The topological polar surface area (TPSA) is 36.9 Å². The van der Waals surface area contributed by atoms with E-state index < -0.39 is 9.28 Å². The zero-order valence-corrected chi connectivity index (χ0v) is 11.6. The molecule has 0 N–H and O–H groups in total. The summed E-state index contributed by atoms with van der Waals surface area (Å²) in [5, 5.41) is 0. The third kappa shape index (κ3) is 7.02. The molecule has 0 aromatic carbocycles. The van der Waals surface area contributed by atoms with Crippen molar-refractivity contribution in [1.82, 2.24) is 0 Å². The van der Waals surface area contributed by atoms with Crippen molar-refractivity contribution in [2.45, 2.75) is 38.5 Å². The molecule has 0 aliphatic carbocycles. The summed E-state index contributed by atoms with van der Waals surface area (Å²) in [6.45, 7) is 4.73. The molecule has 0 saturated carbocycles. The van der Waals surface area contributed by atoms with Crippen molar-refractivity contribution < 1.29 is 18.3 Å². The first-order valence-corrected chi connectivity index (χ1v) is 7.13. The predicted molar refractivity (Wildman–Crippen MR) is 62.5 cm³/mol. The van der Waals surface area contributed by atoms with Gasteiger partial charge in [0, 0.05) is 27.4 Å². The molecule has 5 heteroatoms. The summed E-state index contributed by atoms with van der Waals surface area (Å²) >= 11 is 0. The first-order valence-electron chi connectivity index (χ1n) is 5.37. The van der Waals surface area contributed by atoms with Crippen LogP contribution < -0.4 is 0 Å². The van der Waals surface area contributed by atoms with Crippen LogP contribution >= 0.6 is 0 Å². The average molecular weight is 236 g/mol. The van der Waals surface area contributed by atoms with Gasteiger partial charge in [0.1, 0.15) is 0 Å². The molecule has 0 rings (SSSR count). The molecule has 92 valence electrons. The minimum Gasteiger partial charge on any atom is -0.400 e. The summed E-state index contributed by atoms with van der Waals surface area (Å²) in [5.41, 5.74) is 0. The SMILES string of the molecule is CCC(C[SiH](OC)OC)OCC(C)OC. The van der Waals surface area contributed by atoms with Crippen molar-refractivity contribution in [1.29, 1.82) is 0 Å². The Labute approximate surface area is 94.7 Å². The molecule has 0 aromatic rings. The molecule has 2 atom stereocenters. The second kappa shape index (κ2) is 9.29. The Morgan fingerprint density at radius 2 is 1.73 bits per heavy atom. The molecule has 0 radical (unpaired) electrons. The van der Waals surface area contributed by atoms with E-state index in [1.807, 2.05) is 6.92 Å². The number of hydrogen-bond donors (Lipinski definition) is 0. The van der Waals surface area contributed by atoms with Gasteiger partial charge in [-0.2, -0.15) is 0 Å². The summed E-state index contributed by atoms with van der Waals surface area (Å²) in [4.78, 5) is 0. The van der Waals surface area contributed by atoms with E-state index in [4.69, 9.17) is 18.3 Å². The van der Waals surface area contributed by atoms with E-state index in [0.29, 0.717) is 6.61 Å². The number of rotatable bonds is 9. The van der Waals surface area contributed by atoms with E-state index in [2.05, 4.69) is 6.92 Å². The summed E-state index contributed by atoms with van der Waals surface area (Å²) < 4.78 is 21.4. The van der Waals surface area contributed by atoms with Crippen LogP contribution in [0, 0.1) is 0 Å². The molecule has 4 nitrogen and oxygen atoms in total. The Bertz CT molecular complexity index is 141. The van der Waals surface area contributed by atoms with Gasteiger partial charge in [0.2, 0.25) is 0 Å². The average Bonchev–Trinajstić information content (AvgIpc) is 2.29. The van der Waals surface area contributed by atoms with Crippen molar-refractivity contribution >= 4 is 9.28 Å². The molecular formula is C10H24O4Si. The van der Waals surface area contributed by atoms with Crippen molar-refractivity contribution in [3.8, 4) is 0 Å². The molecule has 0 bridgehead atoms. The Kier molecular flexibility index (Phi) is 9.33. The Balaban J connectivity index is 3.80. The third-order valence-electron chi connectivity index (χ3n) is 2.41. The normalized spacial score (nSPS) is 15.6. The Morgan fingerprint density at radius 1 is 1.13 bits per heavy atom. The molecule has 2 unspecified atom stereocenters. The van der Waals surface area contributed by atoms with Gasteiger partial charge >= 0.3 is 9.28 Å². The van der Waals surface area contributed by atoms with Gasteiger partial charge in [-0.05, 0) is 13.3 Å². The minimum absolute atomic E-state index is 0.143. The third-order valence-corrected chi connectivity index (χ3v) is 4.37. The van der Waals surface area contributed by atoms with Crippen molar-refractivity contribution in [2.24, 2.45) is 0 Å². The molecule has 0 spiro atoms. The van der Waals surface area contributed by atoms with Crippen LogP contribution in [0.4, 0.5) is 0 Å². The lowest BCUT2D eigenvalue weighted by Gasteiger charge is -2.21. The smallest absolute Gasteiger partial charge is 0.323 e. The van der Waals surface area contributed by atoms with Crippen LogP contribution in [0.3, 0.4) is 0 Å². The number of ether oxygens (including phenoxy) is 2. The lowest BCUT2D eigenvalue weighted by atomic mass is 10.3. The van der Waals surface area contributed by atoms with Crippen molar-refractivity contribution in [3.05, 3.63) is 0 Å². The summed E-state index contributed by atoms with van der Waals surface area (Å²) in [7, 11) is 3.58. The zero-order chi connectivity index (χ0) is 11.7. The van der Waals surface area contributed by atoms with Gasteiger partial charge in [0.15, 0.2) is 0 Å². The first kappa shape index (κ1) is 15.1. The number of methoxy groups -OCH3 is 1. The van der Waals surface area contributed by atoms with Crippen LogP contribution in [0.5, 0.6) is 0 Å². The van der Waals surface area contributed by atoms with Crippen LogP contribution in [0.15, 0.2) is 0 Å². The van der Waals surface area contributed by atoms with Crippen LogP contribution in [0.2, 0.25) is 6.04 Å². The van der Waals surface area contributed by atoms with Gasteiger partial charge in [-0.25, -0.2) is 0 Å². The largest absolute Gasteiger partial charge is 0.400 e. The standard InChI is InChI=1S/C10H24O4Si/c1-6-10(8-15(12-4)13-5)14-7-9(2)11-3/h9-10,15H,6-8H2,1-5H3. The van der Waals surface area contributed by atoms with Gasteiger partial charge in [-0.15, -0.1) is 0 Å². The van der Waals surface area contributed by atoms with E-state index in [-0.39, 0.29) is 12.2 Å². The molecule has 15 heavy (non-hydrogen) atoms. The fourth-order valence-corrected chi connectivity index (χ4v) is 2.67. The molecule has 0 fully saturated rings. The van der Waals surface area contributed by atoms with Crippen LogP contribution in [0.25, 0.3) is 0 Å². The highest BCUT2D eigenvalue weighted by Gasteiger charge is 2.18. The highest BCUT2D eigenvalue weighted by Crippen LogP contribution is 2.09. The summed E-state index contributed by atoms with van der Waals surface area (Å²) in [6.07, 6.45) is 1.34. The van der Waals surface area contributed by atoms with Gasteiger partial charge in [0.25, 0.3) is 0 Å². The predicted octanol–water partition coefficient (Wildman–Crippen LogP) is 1.33. The molecule has 0 amide bonds. The van der Waals surface area contributed by atoms with Crippen LogP contribution in [-0.4, -0.2) is 49.4 Å². The fourth-order valence-electron chi connectivity index (χ4n) is 1.20. The molecule has 0 aromatic heterocycles. The quantitative estimate of drug-likeness (QED) is 0.566. The monoisotopic (exact) mass is 236 g/mol. The molecular weight excluding hydrogens is 212 g/mol. The zero-order valence-electron chi connectivity index (χ0n) is 10.5. The van der Waals surface area contributed by atoms with E-state index in [9.17, 15) is 0 Å². The van der Waals surface area contributed by atoms with Crippen LogP contribution in [-0.2, 0) is 18.3 Å². The highest BCUT2D eigenvalue weighted by atomic mass is 28.3. The van der Waals surface area contributed by atoms with E-state index in [1.54, 1.807) is 21.3 Å². The second-order valence-corrected chi connectivity index (χ2v) is 5.82. The van der Waals surface area contributed by atoms with Gasteiger partial charge in [-0.1, -0.05) is 6.92 Å². The maximum absolute atomic E-state index is 5.73. The highest BCUT2D eigenvalue weighted by molar-refractivity contribution is 6.44. The second-order valence-electron chi connectivity index (χ2n) is 3.55. The van der Waals surface area contributed by atoms with Crippen molar-refractivity contribution in [2.75, 3.05) is 27.9 Å². The molecule has 0 saturated heterocycles. The van der Waals surface area contributed by atoms with Crippen molar-refractivity contribution in [3.63, 3.8) is 0 Å². The summed E-state index contributed by atoms with van der Waals surface area (Å²) in [5.74, 6) is 0. The van der Waals surface area contributed by atoms with E-state index in [0.717, 1.165) is 12.5 Å². The van der Waals surface area contributed by atoms with E-state index >= 15 is 0 Å². The Hall–Kier alpha value is 0.0569. The lowest BCUT2D eigenvalue weighted by molar-refractivity contribution is -0.0165. The molecule has 0 aliphatic heterocycles. The van der Waals surface area contributed by atoms with Gasteiger partial charge in [-0.3, -0.25) is 0 Å². The van der Waals surface area contributed by atoms with Gasteiger partial charge < -0.3 is 18.3 Å². The fraction of sp³-hybridized carbons (Fsp3) is 1.00. The first-order chi connectivity index (χ1) is 7.17. The molecule has 0 aliphatic rings. The maximum atomic E-state index is 5.73. The minimum atomic E-state index is -1.51. The van der Waals surface area contributed by atoms with Gasteiger partial charge in [0.05, 0.1) is 18.8 Å². The molecule has 0 heterocycles. The number of hydrogen-bond acceptors (Lipinski definition) is 4.